The van der Waals surface area contributed by atoms with Gasteiger partial charge in [0.05, 0.1) is 5.56 Å². The van der Waals surface area contributed by atoms with Gasteiger partial charge in [0.25, 0.3) is 5.91 Å². The fourth-order valence-corrected chi connectivity index (χ4v) is 7.21. The average Bonchev–Trinajstić information content (AvgIpc) is 2.84. The highest BCUT2D eigenvalue weighted by molar-refractivity contribution is 6.04. The molecule has 4 bridgehead atoms. The summed E-state index contributed by atoms with van der Waals surface area (Å²) in [5.74, 6) is 1.58. The first-order valence-electron chi connectivity index (χ1n) is 12.6. The number of amides is 1. The number of hydrogen-bond acceptors (Lipinski definition) is 3. The molecule has 3 N–H and O–H groups in total. The van der Waals surface area contributed by atoms with Gasteiger partial charge in [0.2, 0.25) is 0 Å². The van der Waals surface area contributed by atoms with E-state index in [1.54, 1.807) is 36.4 Å². The summed E-state index contributed by atoms with van der Waals surface area (Å²) < 4.78 is 0. The summed E-state index contributed by atoms with van der Waals surface area (Å²) in [4.78, 5) is 24.2. The van der Waals surface area contributed by atoms with Crippen LogP contribution in [0.3, 0.4) is 0 Å². The molecule has 4 fully saturated rings. The highest BCUT2D eigenvalue weighted by atomic mass is 16.4. The van der Waals surface area contributed by atoms with E-state index in [9.17, 15) is 14.7 Å². The Morgan fingerprint density at radius 1 is 0.714 bits per heavy atom. The summed E-state index contributed by atoms with van der Waals surface area (Å²) >= 11 is 0. The molecular formula is C30H30N2O3. The minimum Gasteiger partial charge on any atom is -0.478 e. The highest BCUT2D eigenvalue weighted by Gasteiger charge is 2.51. The van der Waals surface area contributed by atoms with Gasteiger partial charge in [-0.1, -0.05) is 24.3 Å². The fraction of sp³-hybridized carbons (Fsp3) is 0.333. The van der Waals surface area contributed by atoms with Gasteiger partial charge in [0.1, 0.15) is 0 Å². The van der Waals surface area contributed by atoms with E-state index in [1.165, 1.54) is 44.1 Å². The maximum Gasteiger partial charge on any atom is 0.335 e. The van der Waals surface area contributed by atoms with Gasteiger partial charge in [-0.3, -0.25) is 4.79 Å². The number of aromatic carboxylic acids is 1. The first-order chi connectivity index (χ1) is 17.0. The molecule has 4 aliphatic rings. The predicted octanol–water partition coefficient (Wildman–Crippen LogP) is 6.85. The zero-order chi connectivity index (χ0) is 24.0. The molecule has 0 unspecified atom stereocenters. The van der Waals surface area contributed by atoms with E-state index in [1.807, 2.05) is 24.3 Å². The lowest BCUT2D eigenvalue weighted by atomic mass is 9.48. The van der Waals surface area contributed by atoms with Crippen LogP contribution in [0.2, 0.25) is 0 Å². The number of carbonyl (C=O) groups excluding carboxylic acids is 1. The molecule has 3 aromatic carbocycles. The van der Waals surface area contributed by atoms with Crippen LogP contribution in [0.5, 0.6) is 0 Å². The molecule has 1 amide bonds. The van der Waals surface area contributed by atoms with E-state index < -0.39 is 5.97 Å². The van der Waals surface area contributed by atoms with Gasteiger partial charge in [-0.2, -0.15) is 0 Å². The van der Waals surface area contributed by atoms with Crippen LogP contribution in [0.15, 0.2) is 72.8 Å². The number of carboxylic acid groups (broad SMARTS) is 1. The number of carbonyl (C=O) groups is 2. The number of hydrogen-bond donors (Lipinski definition) is 3. The maximum atomic E-state index is 13.0. The quantitative estimate of drug-likeness (QED) is 0.371. The Morgan fingerprint density at radius 2 is 1.26 bits per heavy atom. The smallest absolute Gasteiger partial charge is 0.335 e. The van der Waals surface area contributed by atoms with Crippen molar-refractivity contribution < 1.29 is 14.7 Å². The Hall–Kier alpha value is -3.60. The first kappa shape index (κ1) is 21.9. The molecule has 4 aliphatic carbocycles. The maximum absolute atomic E-state index is 13.0. The van der Waals surface area contributed by atoms with Gasteiger partial charge in [0, 0.05) is 22.6 Å². The van der Waals surface area contributed by atoms with Gasteiger partial charge in [-0.25, -0.2) is 4.79 Å². The van der Waals surface area contributed by atoms with E-state index in [-0.39, 0.29) is 11.5 Å². The summed E-state index contributed by atoms with van der Waals surface area (Å²) in [5, 5.41) is 15.4. The second kappa shape index (κ2) is 8.56. The van der Waals surface area contributed by atoms with E-state index in [0.717, 1.165) is 29.1 Å². The second-order valence-corrected chi connectivity index (χ2v) is 10.8. The van der Waals surface area contributed by atoms with Crippen molar-refractivity contribution in [2.24, 2.45) is 17.8 Å². The molecule has 3 aromatic rings. The van der Waals surface area contributed by atoms with Crippen molar-refractivity contribution in [3.05, 3.63) is 89.5 Å². The Kier molecular flexibility index (Phi) is 5.36. The van der Waals surface area contributed by atoms with Gasteiger partial charge in [0.15, 0.2) is 0 Å². The largest absolute Gasteiger partial charge is 0.478 e. The van der Waals surface area contributed by atoms with Gasteiger partial charge in [-0.05, 0) is 116 Å². The highest BCUT2D eigenvalue weighted by Crippen LogP contribution is 2.60. The van der Waals surface area contributed by atoms with Crippen molar-refractivity contribution in [1.82, 2.24) is 0 Å². The zero-order valence-corrected chi connectivity index (χ0v) is 19.7. The second-order valence-electron chi connectivity index (χ2n) is 10.8. The molecule has 0 spiro atoms. The van der Waals surface area contributed by atoms with Crippen molar-refractivity contribution in [2.75, 3.05) is 10.6 Å². The molecule has 0 aromatic heterocycles. The normalized spacial score (nSPS) is 26.3. The van der Waals surface area contributed by atoms with Crippen molar-refractivity contribution >= 4 is 28.9 Å². The van der Waals surface area contributed by atoms with E-state index in [2.05, 4.69) is 22.8 Å². The molecule has 35 heavy (non-hydrogen) atoms. The predicted molar refractivity (Wildman–Crippen MR) is 137 cm³/mol. The molecule has 7 rings (SSSR count). The number of anilines is 3. The van der Waals surface area contributed by atoms with Gasteiger partial charge in [-0.15, -0.1) is 0 Å². The van der Waals surface area contributed by atoms with Gasteiger partial charge >= 0.3 is 5.97 Å². The third-order valence-electron chi connectivity index (χ3n) is 8.32. The van der Waals surface area contributed by atoms with Crippen molar-refractivity contribution in [2.45, 2.75) is 43.9 Å². The van der Waals surface area contributed by atoms with Crippen LogP contribution in [0.25, 0.3) is 0 Å². The average molecular weight is 467 g/mol. The van der Waals surface area contributed by atoms with Crippen LogP contribution in [-0.2, 0) is 5.41 Å². The topological polar surface area (TPSA) is 78.4 Å². The Labute approximate surface area is 205 Å². The molecule has 0 atom stereocenters. The number of nitrogens with one attached hydrogen (secondary N) is 2. The molecule has 0 aliphatic heterocycles. The van der Waals surface area contributed by atoms with E-state index in [0.29, 0.717) is 16.7 Å². The third kappa shape index (κ3) is 4.31. The van der Waals surface area contributed by atoms with Crippen LogP contribution < -0.4 is 10.6 Å². The molecule has 0 saturated heterocycles. The minimum absolute atomic E-state index is 0.171. The number of carboxylic acids is 1. The lowest BCUT2D eigenvalue weighted by Gasteiger charge is -2.57. The summed E-state index contributed by atoms with van der Waals surface area (Å²) in [6.45, 7) is 0. The lowest BCUT2D eigenvalue weighted by Crippen LogP contribution is -2.48. The number of benzene rings is 3. The van der Waals surface area contributed by atoms with Crippen LogP contribution in [0.1, 0.15) is 64.8 Å². The van der Waals surface area contributed by atoms with Crippen LogP contribution in [0.4, 0.5) is 17.1 Å². The molecule has 5 heteroatoms. The summed E-state index contributed by atoms with van der Waals surface area (Å²) in [6.07, 6.45) is 8.31. The van der Waals surface area contributed by atoms with Gasteiger partial charge < -0.3 is 15.7 Å². The summed E-state index contributed by atoms with van der Waals surface area (Å²) in [6, 6.07) is 22.4. The van der Waals surface area contributed by atoms with Crippen LogP contribution in [0, 0.1) is 17.8 Å². The standard InChI is InChI=1S/C30H30N2O3/c33-28(22-3-1-5-26(14-22)31-27-6-2-4-23(15-27)29(34)35)32-25-9-7-24(8-10-25)30-16-19-11-20(17-30)13-21(12-19)18-30/h1-10,14-15,19-21,31H,11-13,16-18H2,(H,32,33)(H,34,35). The summed E-state index contributed by atoms with van der Waals surface area (Å²) in [5.41, 5.74) is 4.73. The number of rotatable bonds is 6. The van der Waals surface area contributed by atoms with E-state index >= 15 is 0 Å². The molecule has 0 heterocycles. The van der Waals surface area contributed by atoms with Crippen molar-refractivity contribution in [3.8, 4) is 0 Å². The Balaban J connectivity index is 1.14. The Morgan fingerprint density at radius 3 is 1.83 bits per heavy atom. The Bertz CT molecular complexity index is 1250. The zero-order valence-electron chi connectivity index (χ0n) is 19.7. The first-order valence-corrected chi connectivity index (χ1v) is 12.6. The van der Waals surface area contributed by atoms with Crippen molar-refractivity contribution in [3.63, 3.8) is 0 Å². The van der Waals surface area contributed by atoms with Crippen LogP contribution >= 0.6 is 0 Å². The minimum atomic E-state index is -0.976. The van der Waals surface area contributed by atoms with Crippen molar-refractivity contribution in [1.29, 1.82) is 0 Å². The molecule has 5 nitrogen and oxygen atoms in total. The monoisotopic (exact) mass is 466 g/mol. The fourth-order valence-electron chi connectivity index (χ4n) is 7.21. The molecule has 4 saturated carbocycles. The lowest BCUT2D eigenvalue weighted by molar-refractivity contribution is -0.00518. The molecular weight excluding hydrogens is 436 g/mol. The molecule has 0 radical (unpaired) electrons. The van der Waals surface area contributed by atoms with Crippen LogP contribution in [-0.4, -0.2) is 17.0 Å². The van der Waals surface area contributed by atoms with E-state index in [4.69, 9.17) is 0 Å². The summed E-state index contributed by atoms with van der Waals surface area (Å²) in [7, 11) is 0. The SMILES string of the molecule is O=C(O)c1cccc(Nc2cccc(C(=O)Nc3ccc(C45CC6CC(CC(C6)C4)C5)cc3)c2)c1. The third-order valence-corrected chi connectivity index (χ3v) is 8.32. The molecule has 178 valence electrons.